The van der Waals surface area contributed by atoms with E-state index in [2.05, 4.69) is 31.0 Å². The van der Waals surface area contributed by atoms with E-state index in [1.54, 1.807) is 0 Å². The molecular formula is C15H31N3O. The molecule has 1 fully saturated rings. The third-order valence-electron chi connectivity index (χ3n) is 4.27. The minimum absolute atomic E-state index is 0.0165. The summed E-state index contributed by atoms with van der Waals surface area (Å²) in [4.78, 5) is 14.6. The number of likely N-dealkylation sites (N-methyl/N-ethyl adjacent to an activating group) is 1. The van der Waals surface area contributed by atoms with E-state index in [0.29, 0.717) is 11.8 Å². The van der Waals surface area contributed by atoms with Gasteiger partial charge in [0.25, 0.3) is 0 Å². The Morgan fingerprint density at radius 3 is 2.47 bits per heavy atom. The smallest absolute Gasteiger partial charge is 0.225 e. The first-order chi connectivity index (χ1) is 8.82. The average molecular weight is 269 g/mol. The van der Waals surface area contributed by atoms with Crippen molar-refractivity contribution >= 4 is 5.91 Å². The number of hydrogen-bond acceptors (Lipinski definition) is 3. The summed E-state index contributed by atoms with van der Waals surface area (Å²) in [6.45, 7) is 7.33. The first-order valence-corrected chi connectivity index (χ1v) is 7.53. The molecule has 112 valence electrons. The molecule has 1 aliphatic rings. The summed E-state index contributed by atoms with van der Waals surface area (Å²) in [5, 5.41) is 3.22. The number of amides is 1. The Hall–Kier alpha value is -0.610. The van der Waals surface area contributed by atoms with Crippen molar-refractivity contribution < 1.29 is 4.79 Å². The van der Waals surface area contributed by atoms with Gasteiger partial charge in [0.2, 0.25) is 5.91 Å². The minimum Gasteiger partial charge on any atom is -0.352 e. The van der Waals surface area contributed by atoms with E-state index in [1.807, 2.05) is 14.1 Å². The van der Waals surface area contributed by atoms with E-state index in [4.69, 9.17) is 5.73 Å². The SMILES string of the molecule is CC(C)C(CN(C)C)NC(=O)C1C(C)CCCC1N. The number of nitrogens with one attached hydrogen (secondary N) is 1. The Labute approximate surface area is 118 Å². The van der Waals surface area contributed by atoms with Crippen LogP contribution in [0.5, 0.6) is 0 Å². The van der Waals surface area contributed by atoms with E-state index < -0.39 is 0 Å². The third kappa shape index (κ3) is 4.77. The largest absolute Gasteiger partial charge is 0.352 e. The molecule has 1 rings (SSSR count). The van der Waals surface area contributed by atoms with Gasteiger partial charge in [-0.15, -0.1) is 0 Å². The van der Waals surface area contributed by atoms with Crippen molar-refractivity contribution in [2.75, 3.05) is 20.6 Å². The third-order valence-corrected chi connectivity index (χ3v) is 4.27. The van der Waals surface area contributed by atoms with Gasteiger partial charge in [-0.2, -0.15) is 0 Å². The highest BCUT2D eigenvalue weighted by Gasteiger charge is 2.35. The Balaban J connectivity index is 2.64. The first-order valence-electron chi connectivity index (χ1n) is 7.53. The molecule has 4 unspecified atom stereocenters. The highest BCUT2D eigenvalue weighted by molar-refractivity contribution is 5.80. The highest BCUT2D eigenvalue weighted by Crippen LogP contribution is 2.29. The second-order valence-corrected chi connectivity index (χ2v) is 6.72. The van der Waals surface area contributed by atoms with Crippen LogP contribution in [-0.4, -0.2) is 43.5 Å². The molecule has 0 aromatic heterocycles. The summed E-state index contributed by atoms with van der Waals surface area (Å²) < 4.78 is 0. The number of hydrogen-bond donors (Lipinski definition) is 2. The molecule has 1 saturated carbocycles. The van der Waals surface area contributed by atoms with Gasteiger partial charge in [-0.3, -0.25) is 4.79 Å². The molecule has 0 aromatic rings. The van der Waals surface area contributed by atoms with Gasteiger partial charge in [0.05, 0.1) is 5.92 Å². The molecule has 0 radical (unpaired) electrons. The number of nitrogens with two attached hydrogens (primary N) is 1. The van der Waals surface area contributed by atoms with Gasteiger partial charge in [0.15, 0.2) is 0 Å². The Morgan fingerprint density at radius 1 is 1.37 bits per heavy atom. The molecule has 4 heteroatoms. The van der Waals surface area contributed by atoms with Crippen LogP contribution < -0.4 is 11.1 Å². The summed E-state index contributed by atoms with van der Waals surface area (Å²) >= 11 is 0. The summed E-state index contributed by atoms with van der Waals surface area (Å²) in [7, 11) is 4.08. The lowest BCUT2D eigenvalue weighted by Crippen LogP contribution is -2.53. The van der Waals surface area contributed by atoms with Crippen LogP contribution in [0.3, 0.4) is 0 Å². The monoisotopic (exact) mass is 269 g/mol. The number of rotatable bonds is 5. The second kappa shape index (κ2) is 7.25. The summed E-state index contributed by atoms with van der Waals surface area (Å²) in [6, 6.07) is 0.222. The maximum Gasteiger partial charge on any atom is 0.225 e. The maximum atomic E-state index is 12.5. The lowest BCUT2D eigenvalue weighted by atomic mass is 9.76. The molecule has 0 spiro atoms. The normalized spacial score (nSPS) is 29.6. The van der Waals surface area contributed by atoms with Crippen LogP contribution in [0.2, 0.25) is 0 Å². The van der Waals surface area contributed by atoms with E-state index in [9.17, 15) is 4.79 Å². The average Bonchev–Trinajstić information content (AvgIpc) is 2.27. The number of nitrogens with zero attached hydrogens (tertiary/aromatic N) is 1. The van der Waals surface area contributed by atoms with E-state index in [0.717, 1.165) is 25.8 Å². The molecule has 0 aliphatic heterocycles. The number of carbonyl (C=O) groups is 1. The molecule has 0 aromatic carbocycles. The Bertz CT molecular complexity index is 281. The van der Waals surface area contributed by atoms with Gasteiger partial charge in [0, 0.05) is 18.6 Å². The van der Waals surface area contributed by atoms with Crippen LogP contribution in [0, 0.1) is 17.8 Å². The van der Waals surface area contributed by atoms with Crippen molar-refractivity contribution in [3.8, 4) is 0 Å². The van der Waals surface area contributed by atoms with Crippen LogP contribution in [0.4, 0.5) is 0 Å². The van der Waals surface area contributed by atoms with Gasteiger partial charge < -0.3 is 16.0 Å². The Morgan fingerprint density at radius 2 is 2.00 bits per heavy atom. The molecule has 0 heterocycles. The summed E-state index contributed by atoms with van der Waals surface area (Å²) in [6.07, 6.45) is 3.24. The second-order valence-electron chi connectivity index (χ2n) is 6.72. The lowest BCUT2D eigenvalue weighted by Gasteiger charge is -2.35. The number of carbonyl (C=O) groups excluding carboxylic acids is 1. The van der Waals surface area contributed by atoms with Crippen molar-refractivity contribution in [1.82, 2.24) is 10.2 Å². The molecular weight excluding hydrogens is 238 g/mol. The molecule has 0 bridgehead atoms. The summed E-state index contributed by atoms with van der Waals surface area (Å²) in [5.74, 6) is 0.967. The fourth-order valence-electron chi connectivity index (χ4n) is 3.00. The van der Waals surface area contributed by atoms with Crippen LogP contribution in [0.25, 0.3) is 0 Å². The van der Waals surface area contributed by atoms with E-state index >= 15 is 0 Å². The zero-order valence-corrected chi connectivity index (χ0v) is 13.1. The Kier molecular flexibility index (Phi) is 6.27. The first kappa shape index (κ1) is 16.4. The molecule has 19 heavy (non-hydrogen) atoms. The standard InChI is InChI=1S/C15H31N3O/c1-10(2)13(9-18(4)5)17-15(19)14-11(3)7-6-8-12(14)16/h10-14H,6-9,16H2,1-5H3,(H,17,19). The van der Waals surface area contributed by atoms with E-state index in [1.165, 1.54) is 0 Å². The zero-order chi connectivity index (χ0) is 14.6. The molecule has 4 atom stereocenters. The maximum absolute atomic E-state index is 12.5. The molecule has 1 aliphatic carbocycles. The lowest BCUT2D eigenvalue weighted by molar-refractivity contribution is -0.129. The quantitative estimate of drug-likeness (QED) is 0.794. The fraction of sp³-hybridized carbons (Fsp3) is 0.933. The van der Waals surface area contributed by atoms with Gasteiger partial charge >= 0.3 is 0 Å². The van der Waals surface area contributed by atoms with Gasteiger partial charge in [0.1, 0.15) is 0 Å². The topological polar surface area (TPSA) is 58.4 Å². The van der Waals surface area contributed by atoms with Crippen molar-refractivity contribution in [3.05, 3.63) is 0 Å². The van der Waals surface area contributed by atoms with Crippen molar-refractivity contribution in [2.24, 2.45) is 23.5 Å². The minimum atomic E-state index is -0.0165. The summed E-state index contributed by atoms with van der Waals surface area (Å²) in [5.41, 5.74) is 6.15. The van der Waals surface area contributed by atoms with Crippen molar-refractivity contribution in [2.45, 2.75) is 52.1 Å². The van der Waals surface area contributed by atoms with Gasteiger partial charge in [-0.25, -0.2) is 0 Å². The van der Waals surface area contributed by atoms with Crippen LogP contribution in [0.1, 0.15) is 40.0 Å². The predicted octanol–water partition coefficient (Wildman–Crippen LogP) is 1.45. The molecule has 3 N–H and O–H groups in total. The van der Waals surface area contributed by atoms with Crippen LogP contribution in [-0.2, 0) is 4.79 Å². The van der Waals surface area contributed by atoms with Crippen molar-refractivity contribution in [3.63, 3.8) is 0 Å². The molecule has 1 amide bonds. The van der Waals surface area contributed by atoms with Gasteiger partial charge in [-0.1, -0.05) is 27.2 Å². The highest BCUT2D eigenvalue weighted by atomic mass is 16.2. The van der Waals surface area contributed by atoms with Gasteiger partial charge in [-0.05, 0) is 38.8 Å². The van der Waals surface area contributed by atoms with Crippen LogP contribution >= 0.6 is 0 Å². The van der Waals surface area contributed by atoms with Crippen molar-refractivity contribution in [1.29, 1.82) is 0 Å². The predicted molar refractivity (Wildman–Crippen MR) is 79.8 cm³/mol. The zero-order valence-electron chi connectivity index (χ0n) is 13.1. The molecule has 4 nitrogen and oxygen atoms in total. The fourth-order valence-corrected chi connectivity index (χ4v) is 3.00. The van der Waals surface area contributed by atoms with Crippen LogP contribution in [0.15, 0.2) is 0 Å². The molecule has 0 saturated heterocycles. The van der Waals surface area contributed by atoms with E-state index in [-0.39, 0.29) is 23.9 Å².